The summed E-state index contributed by atoms with van der Waals surface area (Å²) >= 11 is 5.53. The number of nitro groups is 1. The van der Waals surface area contributed by atoms with E-state index < -0.39 is 72.7 Å². The summed E-state index contributed by atoms with van der Waals surface area (Å²) < 4.78 is 55.9. The molecule has 0 spiro atoms. The van der Waals surface area contributed by atoms with Crippen LogP contribution in [0.25, 0.3) is 16.7 Å². The molecule has 1 aromatic carbocycles. The minimum Gasteiger partial charge on any atom is -0.477 e. The highest BCUT2D eigenvalue weighted by molar-refractivity contribution is 6.29. The minimum atomic E-state index is -2.22. The summed E-state index contributed by atoms with van der Waals surface area (Å²) in [5.74, 6) is -9.27. The zero-order valence-corrected chi connectivity index (χ0v) is 13.8. The van der Waals surface area contributed by atoms with Gasteiger partial charge in [-0.15, -0.1) is 0 Å². The number of carboxylic acids is 1. The van der Waals surface area contributed by atoms with Gasteiger partial charge in [0.2, 0.25) is 17.1 Å². The van der Waals surface area contributed by atoms with Gasteiger partial charge < -0.3 is 5.11 Å². The van der Waals surface area contributed by atoms with E-state index in [1.54, 1.807) is 0 Å². The molecule has 0 aliphatic rings. The lowest BCUT2D eigenvalue weighted by molar-refractivity contribution is -0.387. The van der Waals surface area contributed by atoms with Gasteiger partial charge in [0, 0.05) is 12.3 Å². The van der Waals surface area contributed by atoms with Crippen LogP contribution in [-0.2, 0) is 0 Å². The van der Waals surface area contributed by atoms with E-state index in [1.165, 1.54) is 0 Å². The predicted molar refractivity (Wildman–Crippen MR) is 85.8 cm³/mol. The lowest BCUT2D eigenvalue weighted by Crippen LogP contribution is -2.20. The highest BCUT2D eigenvalue weighted by atomic mass is 35.5. The maximum atomic E-state index is 14.3. The molecular weight excluding hydrogens is 414 g/mol. The summed E-state index contributed by atoms with van der Waals surface area (Å²) in [5.41, 5.74) is -5.39. The number of hydrogen-bond acceptors (Lipinski definition) is 5. The summed E-state index contributed by atoms with van der Waals surface area (Å²) in [5, 5.41) is 18.5. The Hall–Kier alpha value is -3.54. The first-order valence-electron chi connectivity index (χ1n) is 7.01. The first-order chi connectivity index (χ1) is 13.0. The third-order valence-electron chi connectivity index (χ3n) is 3.68. The van der Waals surface area contributed by atoms with Gasteiger partial charge in [0.1, 0.15) is 5.56 Å². The van der Waals surface area contributed by atoms with Gasteiger partial charge in [-0.2, -0.15) is 4.39 Å². The molecule has 0 saturated heterocycles. The van der Waals surface area contributed by atoms with Gasteiger partial charge in [0.15, 0.2) is 22.4 Å². The van der Waals surface area contributed by atoms with Crippen LogP contribution in [0.3, 0.4) is 0 Å². The van der Waals surface area contributed by atoms with Gasteiger partial charge in [-0.1, -0.05) is 11.6 Å². The van der Waals surface area contributed by atoms with Crippen LogP contribution in [-0.4, -0.2) is 25.6 Å². The molecule has 0 fully saturated rings. The Morgan fingerprint density at radius 1 is 1.18 bits per heavy atom. The van der Waals surface area contributed by atoms with E-state index in [4.69, 9.17) is 16.7 Å². The molecule has 0 bridgehead atoms. The van der Waals surface area contributed by atoms with E-state index in [1.807, 2.05) is 0 Å². The van der Waals surface area contributed by atoms with Crippen molar-refractivity contribution in [1.82, 2.24) is 9.55 Å². The van der Waals surface area contributed by atoms with E-state index in [2.05, 4.69) is 4.98 Å². The number of benzene rings is 1. The molecule has 0 aliphatic carbocycles. The number of nitrogens with zero attached hydrogens (tertiary/aromatic N) is 3. The van der Waals surface area contributed by atoms with Gasteiger partial charge in [0.05, 0.1) is 16.0 Å². The van der Waals surface area contributed by atoms with Crippen molar-refractivity contribution in [3.05, 3.63) is 72.7 Å². The molecule has 0 unspecified atom stereocenters. The lowest BCUT2D eigenvalue weighted by Gasteiger charge is -2.13. The molecule has 3 rings (SSSR count). The molecule has 8 nitrogen and oxygen atoms in total. The Balaban J connectivity index is 2.56. The normalized spacial score (nSPS) is 11.0. The van der Waals surface area contributed by atoms with E-state index >= 15 is 0 Å². The van der Waals surface area contributed by atoms with E-state index in [9.17, 15) is 37.3 Å². The second kappa shape index (κ2) is 6.56. The van der Waals surface area contributed by atoms with Crippen molar-refractivity contribution in [1.29, 1.82) is 0 Å². The molecule has 0 aliphatic heterocycles. The van der Waals surface area contributed by atoms with Crippen molar-refractivity contribution in [2.45, 2.75) is 0 Å². The number of carbonyl (C=O) groups is 1. The Kier molecular flexibility index (Phi) is 4.51. The highest BCUT2D eigenvalue weighted by Crippen LogP contribution is 2.30. The zero-order valence-electron chi connectivity index (χ0n) is 13.0. The third kappa shape index (κ3) is 2.83. The molecule has 0 radical (unpaired) electrons. The molecule has 2 heterocycles. The molecular formula is C15H4ClF4N3O5. The van der Waals surface area contributed by atoms with Crippen LogP contribution in [0.15, 0.2) is 23.1 Å². The van der Waals surface area contributed by atoms with E-state index in [-0.39, 0.29) is 6.07 Å². The van der Waals surface area contributed by atoms with Gasteiger partial charge in [-0.3, -0.25) is 19.5 Å². The molecule has 0 saturated carbocycles. The molecule has 13 heteroatoms. The topological polar surface area (TPSA) is 115 Å². The van der Waals surface area contributed by atoms with Crippen LogP contribution < -0.4 is 5.43 Å². The smallest absolute Gasteiger partial charge is 0.341 e. The number of fused-ring (bicyclic) bond motifs is 1. The van der Waals surface area contributed by atoms with Crippen molar-refractivity contribution < 1.29 is 32.4 Å². The Morgan fingerprint density at radius 3 is 2.39 bits per heavy atom. The fraction of sp³-hybridized carbons (Fsp3) is 0. The SMILES string of the molecule is O=C(O)c1cn(-c2cc([N+](=O)[O-])c(F)c(F)c2F)c2nc(Cl)c(F)cc2c1=O. The number of carboxylic acid groups (broad SMARTS) is 1. The van der Waals surface area contributed by atoms with E-state index in [0.29, 0.717) is 16.8 Å². The fourth-order valence-electron chi connectivity index (χ4n) is 2.42. The summed E-state index contributed by atoms with van der Waals surface area (Å²) in [6.45, 7) is 0. The maximum absolute atomic E-state index is 14.3. The zero-order chi connectivity index (χ0) is 20.9. The Morgan fingerprint density at radius 2 is 1.82 bits per heavy atom. The first kappa shape index (κ1) is 19.2. The second-order valence-electron chi connectivity index (χ2n) is 5.29. The first-order valence-corrected chi connectivity index (χ1v) is 7.39. The largest absolute Gasteiger partial charge is 0.477 e. The standard InChI is InChI=1S/C15H4ClF4N3O5/c16-13-6(17)1-4-12(24)5(15(25)26)3-22(14(4)21-13)7-2-8(23(27)28)10(19)11(20)9(7)18/h1-3H,(H,25,26). The molecule has 1 N–H and O–H groups in total. The fourth-order valence-corrected chi connectivity index (χ4v) is 2.56. The average molecular weight is 418 g/mol. The highest BCUT2D eigenvalue weighted by Gasteiger charge is 2.28. The van der Waals surface area contributed by atoms with Crippen LogP contribution in [0.5, 0.6) is 0 Å². The summed E-state index contributed by atoms with van der Waals surface area (Å²) in [6.07, 6.45) is 0.480. The van der Waals surface area contributed by atoms with Crippen LogP contribution in [0.1, 0.15) is 10.4 Å². The third-order valence-corrected chi connectivity index (χ3v) is 3.95. The van der Waals surface area contributed by atoms with Crippen LogP contribution in [0.2, 0.25) is 5.15 Å². The maximum Gasteiger partial charge on any atom is 0.341 e. The molecule has 3 aromatic rings. The number of rotatable bonds is 3. The summed E-state index contributed by atoms with van der Waals surface area (Å²) in [7, 11) is 0. The predicted octanol–water partition coefficient (Wildman–Crippen LogP) is 3.20. The minimum absolute atomic E-state index is 0.266. The van der Waals surface area contributed by atoms with Crippen LogP contribution >= 0.6 is 11.6 Å². The Labute approximate surface area is 155 Å². The monoisotopic (exact) mass is 417 g/mol. The van der Waals surface area contributed by atoms with Crippen molar-refractivity contribution in [2.75, 3.05) is 0 Å². The average Bonchev–Trinajstić information content (AvgIpc) is 2.62. The number of hydrogen-bond donors (Lipinski definition) is 1. The summed E-state index contributed by atoms with van der Waals surface area (Å²) in [4.78, 5) is 36.6. The van der Waals surface area contributed by atoms with E-state index in [0.717, 1.165) is 0 Å². The van der Waals surface area contributed by atoms with Crippen molar-refractivity contribution in [3.63, 3.8) is 0 Å². The molecule has 144 valence electrons. The van der Waals surface area contributed by atoms with Crippen LogP contribution in [0.4, 0.5) is 23.2 Å². The van der Waals surface area contributed by atoms with Gasteiger partial charge in [0.25, 0.3) is 0 Å². The number of aromatic carboxylic acids is 1. The number of nitro benzene ring substituents is 1. The molecule has 0 atom stereocenters. The van der Waals surface area contributed by atoms with Gasteiger partial charge >= 0.3 is 11.7 Å². The number of pyridine rings is 2. The quantitative estimate of drug-likeness (QED) is 0.230. The van der Waals surface area contributed by atoms with Crippen molar-refractivity contribution in [3.8, 4) is 5.69 Å². The molecule has 2 aromatic heterocycles. The number of aromatic nitrogens is 2. The van der Waals surface area contributed by atoms with Crippen molar-refractivity contribution >= 4 is 34.3 Å². The molecule has 0 amide bonds. The van der Waals surface area contributed by atoms with Crippen molar-refractivity contribution in [2.24, 2.45) is 0 Å². The Bertz CT molecular complexity index is 1260. The summed E-state index contributed by atoms with van der Waals surface area (Å²) in [6, 6.07) is 0.782. The van der Waals surface area contributed by atoms with Crippen LogP contribution in [0, 0.1) is 33.4 Å². The molecule has 28 heavy (non-hydrogen) atoms. The second-order valence-corrected chi connectivity index (χ2v) is 5.65. The van der Waals surface area contributed by atoms with Gasteiger partial charge in [-0.25, -0.2) is 22.9 Å². The van der Waals surface area contributed by atoms with Gasteiger partial charge in [-0.05, 0) is 6.07 Å². The number of halogens is 5. The lowest BCUT2D eigenvalue weighted by atomic mass is 10.1.